The van der Waals surface area contributed by atoms with Crippen molar-refractivity contribution in [2.24, 2.45) is 0 Å². The van der Waals surface area contributed by atoms with Gasteiger partial charge in [0.05, 0.1) is 19.9 Å². The SMILES string of the molecule is COc1ccc(C23CCC(NC(=O)Nc4cc(F)ccc4F)CC2N(C(C)C)CC3)cc1OC. The van der Waals surface area contributed by atoms with Gasteiger partial charge in [-0.1, -0.05) is 6.07 Å². The monoisotopic (exact) mass is 473 g/mol. The molecule has 6 nitrogen and oxygen atoms in total. The summed E-state index contributed by atoms with van der Waals surface area (Å²) in [6.45, 7) is 5.37. The highest BCUT2D eigenvalue weighted by Gasteiger charge is 2.52. The van der Waals surface area contributed by atoms with Gasteiger partial charge >= 0.3 is 6.03 Å². The lowest BCUT2D eigenvalue weighted by atomic mass is 9.65. The van der Waals surface area contributed by atoms with Crippen molar-refractivity contribution >= 4 is 11.7 Å². The van der Waals surface area contributed by atoms with Gasteiger partial charge in [0.15, 0.2) is 11.5 Å². The Bertz CT molecular complexity index is 1050. The Kier molecular flexibility index (Phi) is 6.98. The number of carbonyl (C=O) groups excluding carboxylic acids is 1. The van der Waals surface area contributed by atoms with Gasteiger partial charge in [0.25, 0.3) is 0 Å². The van der Waals surface area contributed by atoms with Gasteiger partial charge in [0.2, 0.25) is 0 Å². The van der Waals surface area contributed by atoms with Crippen molar-refractivity contribution in [1.29, 1.82) is 0 Å². The number of anilines is 1. The number of rotatable bonds is 6. The van der Waals surface area contributed by atoms with E-state index in [-0.39, 0.29) is 23.2 Å². The largest absolute Gasteiger partial charge is 0.493 e. The molecule has 8 heteroatoms. The molecule has 1 saturated heterocycles. The van der Waals surface area contributed by atoms with E-state index in [0.29, 0.717) is 17.5 Å². The van der Waals surface area contributed by atoms with Gasteiger partial charge in [-0.3, -0.25) is 4.90 Å². The summed E-state index contributed by atoms with van der Waals surface area (Å²) in [5.41, 5.74) is 1.01. The van der Waals surface area contributed by atoms with Gasteiger partial charge in [-0.25, -0.2) is 13.6 Å². The molecule has 0 aromatic heterocycles. The molecule has 0 radical (unpaired) electrons. The zero-order chi connectivity index (χ0) is 24.5. The van der Waals surface area contributed by atoms with Crippen molar-refractivity contribution in [2.45, 2.75) is 63.1 Å². The van der Waals surface area contributed by atoms with E-state index in [1.165, 1.54) is 5.56 Å². The number of nitrogens with zero attached hydrogens (tertiary/aromatic N) is 1. The first-order chi connectivity index (χ1) is 16.3. The first-order valence-electron chi connectivity index (χ1n) is 11.8. The van der Waals surface area contributed by atoms with E-state index in [9.17, 15) is 13.6 Å². The number of benzene rings is 2. The number of hydrogen-bond acceptors (Lipinski definition) is 4. The average Bonchev–Trinajstić information content (AvgIpc) is 3.21. The molecule has 34 heavy (non-hydrogen) atoms. The van der Waals surface area contributed by atoms with Crippen LogP contribution in [0.3, 0.4) is 0 Å². The molecular formula is C26H33F2N3O3. The minimum absolute atomic E-state index is 0.0485. The van der Waals surface area contributed by atoms with Crippen molar-refractivity contribution in [3.05, 3.63) is 53.6 Å². The summed E-state index contributed by atoms with van der Waals surface area (Å²) in [6.07, 6.45) is 3.48. The molecule has 1 aliphatic heterocycles. The van der Waals surface area contributed by atoms with Crippen LogP contribution in [0.1, 0.15) is 45.1 Å². The number of methoxy groups -OCH3 is 2. The van der Waals surface area contributed by atoms with Crippen molar-refractivity contribution in [1.82, 2.24) is 10.2 Å². The summed E-state index contributed by atoms with van der Waals surface area (Å²) in [6, 6.07) is 9.18. The number of ether oxygens (including phenoxy) is 2. The quantitative estimate of drug-likeness (QED) is 0.615. The van der Waals surface area contributed by atoms with Crippen molar-refractivity contribution in [3.63, 3.8) is 0 Å². The third kappa shape index (κ3) is 4.56. The maximum absolute atomic E-state index is 13.9. The number of urea groups is 1. The Hall–Kier alpha value is -2.87. The maximum atomic E-state index is 13.9. The molecule has 2 aromatic carbocycles. The summed E-state index contributed by atoms with van der Waals surface area (Å²) >= 11 is 0. The van der Waals surface area contributed by atoms with Gasteiger partial charge in [-0.2, -0.15) is 0 Å². The molecule has 1 aliphatic carbocycles. The van der Waals surface area contributed by atoms with Crippen LogP contribution in [-0.2, 0) is 5.41 Å². The number of halogens is 2. The highest BCUT2D eigenvalue weighted by Crippen LogP contribution is 2.50. The molecule has 3 atom stereocenters. The van der Waals surface area contributed by atoms with Crippen LogP contribution in [0.4, 0.5) is 19.3 Å². The lowest BCUT2D eigenvalue weighted by Gasteiger charge is -2.46. The van der Waals surface area contributed by atoms with Crippen LogP contribution in [0.25, 0.3) is 0 Å². The van der Waals surface area contributed by atoms with E-state index in [1.807, 2.05) is 6.07 Å². The van der Waals surface area contributed by atoms with E-state index in [2.05, 4.69) is 41.5 Å². The van der Waals surface area contributed by atoms with Crippen LogP contribution in [0.5, 0.6) is 11.5 Å². The first kappa shape index (κ1) is 24.3. The average molecular weight is 474 g/mol. The molecule has 2 aromatic rings. The fraction of sp³-hybridized carbons (Fsp3) is 0.500. The molecule has 184 valence electrons. The molecule has 2 aliphatic rings. The molecule has 1 heterocycles. The fourth-order valence-corrected chi connectivity index (χ4v) is 5.75. The number of amides is 2. The predicted octanol–water partition coefficient (Wildman–Crippen LogP) is 5.08. The molecule has 3 unspecified atom stereocenters. The topological polar surface area (TPSA) is 62.8 Å². The number of hydrogen-bond donors (Lipinski definition) is 2. The first-order valence-corrected chi connectivity index (χ1v) is 11.8. The molecule has 2 N–H and O–H groups in total. The molecular weight excluding hydrogens is 440 g/mol. The Morgan fingerprint density at radius 2 is 1.85 bits per heavy atom. The number of likely N-dealkylation sites (tertiary alicyclic amines) is 1. The zero-order valence-electron chi connectivity index (χ0n) is 20.2. The van der Waals surface area contributed by atoms with Gasteiger partial charge in [-0.15, -0.1) is 0 Å². The lowest BCUT2D eigenvalue weighted by Crippen LogP contribution is -2.54. The Morgan fingerprint density at radius 1 is 1.09 bits per heavy atom. The molecule has 0 bridgehead atoms. The maximum Gasteiger partial charge on any atom is 0.319 e. The predicted molar refractivity (Wildman–Crippen MR) is 128 cm³/mol. The molecule has 0 spiro atoms. The van der Waals surface area contributed by atoms with Crippen molar-refractivity contribution < 1.29 is 23.0 Å². The summed E-state index contributed by atoms with van der Waals surface area (Å²) in [5, 5.41) is 5.44. The van der Waals surface area contributed by atoms with Gasteiger partial charge in [0, 0.05) is 29.6 Å². The third-order valence-electron chi connectivity index (χ3n) is 7.43. The summed E-state index contributed by atoms with van der Waals surface area (Å²) in [5.74, 6) is 0.143. The van der Waals surface area contributed by atoms with Crippen LogP contribution in [0.15, 0.2) is 36.4 Å². The van der Waals surface area contributed by atoms with E-state index >= 15 is 0 Å². The molecule has 2 amide bonds. The third-order valence-corrected chi connectivity index (χ3v) is 7.43. The lowest BCUT2D eigenvalue weighted by molar-refractivity contribution is 0.113. The minimum atomic E-state index is -0.672. The standard InChI is InChI=1S/C26H33F2N3O3/c1-16(2)31-12-11-26(17-5-8-22(33-3)23(13-17)34-4)10-9-19(15-24(26)31)29-25(32)30-21-14-18(27)6-7-20(21)28/h5-8,13-14,16,19,24H,9-12,15H2,1-4H3,(H2,29,30,32). The van der Waals surface area contributed by atoms with Crippen LogP contribution >= 0.6 is 0 Å². The fourth-order valence-electron chi connectivity index (χ4n) is 5.75. The van der Waals surface area contributed by atoms with Crippen LogP contribution < -0.4 is 20.1 Å². The number of carbonyl (C=O) groups is 1. The minimum Gasteiger partial charge on any atom is -0.493 e. The summed E-state index contributed by atoms with van der Waals surface area (Å²) in [7, 11) is 3.28. The van der Waals surface area contributed by atoms with Crippen LogP contribution in [0.2, 0.25) is 0 Å². The van der Waals surface area contributed by atoms with E-state index in [1.54, 1.807) is 14.2 Å². The van der Waals surface area contributed by atoms with Gasteiger partial charge < -0.3 is 20.1 Å². The molecule has 1 saturated carbocycles. The Labute approximate surface area is 199 Å². The highest BCUT2D eigenvalue weighted by molar-refractivity contribution is 5.89. The van der Waals surface area contributed by atoms with Crippen molar-refractivity contribution in [2.75, 3.05) is 26.1 Å². The van der Waals surface area contributed by atoms with Gasteiger partial charge in [0.1, 0.15) is 11.6 Å². The van der Waals surface area contributed by atoms with E-state index in [0.717, 1.165) is 50.4 Å². The Balaban J connectivity index is 1.54. The van der Waals surface area contributed by atoms with E-state index < -0.39 is 17.7 Å². The summed E-state index contributed by atoms with van der Waals surface area (Å²) in [4.78, 5) is 15.1. The van der Waals surface area contributed by atoms with Crippen molar-refractivity contribution in [3.8, 4) is 11.5 Å². The van der Waals surface area contributed by atoms with Gasteiger partial charge in [-0.05, 0) is 75.9 Å². The molecule has 2 fully saturated rings. The number of nitrogens with one attached hydrogen (secondary N) is 2. The highest BCUT2D eigenvalue weighted by atomic mass is 19.1. The second-order valence-corrected chi connectivity index (χ2v) is 9.52. The second kappa shape index (κ2) is 9.78. The van der Waals surface area contributed by atoms with Crippen LogP contribution in [0, 0.1) is 11.6 Å². The Morgan fingerprint density at radius 3 is 2.56 bits per heavy atom. The van der Waals surface area contributed by atoms with Crippen LogP contribution in [-0.4, -0.2) is 49.8 Å². The summed E-state index contributed by atoms with van der Waals surface area (Å²) < 4.78 is 38.4. The van der Waals surface area contributed by atoms with E-state index in [4.69, 9.17) is 9.47 Å². The molecule has 4 rings (SSSR count). The zero-order valence-corrected chi connectivity index (χ0v) is 20.2. The second-order valence-electron chi connectivity index (χ2n) is 9.52. The number of fused-ring (bicyclic) bond motifs is 1. The normalized spacial score (nSPS) is 24.6. The smallest absolute Gasteiger partial charge is 0.319 e.